The number of halogens is 1. The summed E-state index contributed by atoms with van der Waals surface area (Å²) in [6.45, 7) is 0. The number of aromatic nitrogens is 1. The molecule has 0 saturated heterocycles. The van der Waals surface area contributed by atoms with Gasteiger partial charge < -0.3 is 4.74 Å². The normalized spacial score (nSPS) is 11.4. The topological polar surface area (TPSA) is 68.3 Å². The van der Waals surface area contributed by atoms with Gasteiger partial charge in [0.2, 0.25) is 0 Å². The van der Waals surface area contributed by atoms with Crippen molar-refractivity contribution in [2.24, 2.45) is 0 Å². The summed E-state index contributed by atoms with van der Waals surface area (Å²) >= 11 is 6.01. The lowest BCUT2D eigenvalue weighted by atomic mass is 10.2. The third-order valence-electron chi connectivity index (χ3n) is 3.32. The minimum Gasteiger partial charge on any atom is -0.495 e. The Morgan fingerprint density at radius 3 is 2.70 bits per heavy atom. The minimum absolute atomic E-state index is 0.0594. The van der Waals surface area contributed by atoms with Gasteiger partial charge >= 0.3 is 0 Å². The zero-order chi connectivity index (χ0) is 16.4. The maximum atomic E-state index is 12.6. The summed E-state index contributed by atoms with van der Waals surface area (Å²) in [6, 6.07) is 13.1. The smallest absolute Gasteiger partial charge is 0.261 e. The number of nitrogens with one attached hydrogen (secondary N) is 1. The van der Waals surface area contributed by atoms with Gasteiger partial charge in [0.25, 0.3) is 10.0 Å². The van der Waals surface area contributed by atoms with Gasteiger partial charge in [0.15, 0.2) is 0 Å². The first-order chi connectivity index (χ1) is 11.0. The van der Waals surface area contributed by atoms with Gasteiger partial charge in [-0.25, -0.2) is 8.42 Å². The maximum absolute atomic E-state index is 12.6. The average molecular weight is 349 g/mol. The summed E-state index contributed by atoms with van der Waals surface area (Å²) in [7, 11) is -2.30. The highest BCUT2D eigenvalue weighted by Crippen LogP contribution is 2.29. The Labute approximate surface area is 138 Å². The predicted molar refractivity (Wildman–Crippen MR) is 90.6 cm³/mol. The van der Waals surface area contributed by atoms with Crippen LogP contribution in [0.4, 0.5) is 5.69 Å². The van der Waals surface area contributed by atoms with Crippen LogP contribution in [0, 0.1) is 0 Å². The first kappa shape index (κ1) is 15.6. The zero-order valence-corrected chi connectivity index (χ0v) is 13.7. The van der Waals surface area contributed by atoms with E-state index < -0.39 is 10.0 Å². The molecule has 0 fully saturated rings. The molecule has 0 atom stereocenters. The quantitative estimate of drug-likeness (QED) is 0.780. The van der Waals surface area contributed by atoms with Crippen molar-refractivity contribution in [3.05, 3.63) is 59.8 Å². The Morgan fingerprint density at radius 2 is 1.96 bits per heavy atom. The maximum Gasteiger partial charge on any atom is 0.261 e. The van der Waals surface area contributed by atoms with Crippen molar-refractivity contribution in [1.29, 1.82) is 0 Å². The summed E-state index contributed by atoms with van der Waals surface area (Å²) < 4.78 is 32.7. The molecule has 1 heterocycles. The molecule has 2 aromatic carbocycles. The van der Waals surface area contributed by atoms with Gasteiger partial charge in [-0.2, -0.15) is 0 Å². The lowest BCUT2D eigenvalue weighted by molar-refractivity contribution is 0.414. The van der Waals surface area contributed by atoms with E-state index in [-0.39, 0.29) is 9.92 Å². The average Bonchev–Trinajstić information content (AvgIpc) is 2.55. The van der Waals surface area contributed by atoms with E-state index in [1.54, 1.807) is 30.5 Å². The van der Waals surface area contributed by atoms with Gasteiger partial charge in [-0.3, -0.25) is 9.71 Å². The standard InChI is InChI=1S/C16H13ClN2O3S/c1-22-16-8-7-11(10-13(16)17)23(20,21)19-15-6-2-5-14-12(15)4-3-9-18-14/h2-10,19H,1H3. The molecule has 3 aromatic rings. The van der Waals surface area contributed by atoms with Crippen LogP contribution in [0.2, 0.25) is 5.02 Å². The van der Waals surface area contributed by atoms with Crippen LogP contribution in [0.3, 0.4) is 0 Å². The van der Waals surface area contributed by atoms with Gasteiger partial charge in [-0.1, -0.05) is 17.7 Å². The molecule has 0 saturated carbocycles. The van der Waals surface area contributed by atoms with E-state index in [1.807, 2.05) is 6.07 Å². The highest BCUT2D eigenvalue weighted by Gasteiger charge is 2.17. The molecule has 5 nitrogen and oxygen atoms in total. The first-order valence-corrected chi connectivity index (χ1v) is 8.57. The van der Waals surface area contributed by atoms with Crippen molar-refractivity contribution in [3.8, 4) is 5.75 Å². The second kappa shape index (κ2) is 6.06. The monoisotopic (exact) mass is 348 g/mol. The SMILES string of the molecule is COc1ccc(S(=O)(=O)Nc2cccc3ncccc23)cc1Cl. The molecule has 0 spiro atoms. The van der Waals surface area contributed by atoms with Crippen molar-refractivity contribution in [3.63, 3.8) is 0 Å². The van der Waals surface area contributed by atoms with Crippen molar-refractivity contribution in [2.45, 2.75) is 4.90 Å². The summed E-state index contributed by atoms with van der Waals surface area (Å²) in [5, 5.41) is 0.952. The van der Waals surface area contributed by atoms with E-state index in [9.17, 15) is 8.42 Å². The van der Waals surface area contributed by atoms with Gasteiger partial charge in [0, 0.05) is 11.6 Å². The van der Waals surface area contributed by atoms with Gasteiger partial charge in [-0.15, -0.1) is 0 Å². The molecule has 118 valence electrons. The Bertz CT molecular complexity index is 969. The molecule has 3 rings (SSSR count). The first-order valence-electron chi connectivity index (χ1n) is 6.71. The summed E-state index contributed by atoms with van der Waals surface area (Å²) in [6.07, 6.45) is 1.66. The number of benzene rings is 2. The summed E-state index contributed by atoms with van der Waals surface area (Å²) in [5.74, 6) is 0.417. The third kappa shape index (κ3) is 3.09. The van der Waals surface area contributed by atoms with Crippen LogP contribution in [0.25, 0.3) is 10.9 Å². The molecule has 7 heteroatoms. The van der Waals surface area contributed by atoms with Crippen LogP contribution in [0.5, 0.6) is 5.75 Å². The molecule has 23 heavy (non-hydrogen) atoms. The number of nitrogens with zero attached hydrogens (tertiary/aromatic N) is 1. The van der Waals surface area contributed by atoms with E-state index in [0.29, 0.717) is 17.0 Å². The summed E-state index contributed by atoms with van der Waals surface area (Å²) in [5.41, 5.74) is 1.17. The molecule has 0 bridgehead atoms. The Kier molecular flexibility index (Phi) is 4.11. The number of pyridine rings is 1. The molecule has 0 aliphatic heterocycles. The van der Waals surface area contributed by atoms with Gasteiger partial charge in [-0.05, 0) is 42.5 Å². The van der Waals surface area contributed by atoms with E-state index in [1.165, 1.54) is 25.3 Å². The second-order valence-corrected chi connectivity index (χ2v) is 6.87. The van der Waals surface area contributed by atoms with E-state index in [0.717, 1.165) is 5.39 Å². The van der Waals surface area contributed by atoms with Crippen LogP contribution >= 0.6 is 11.6 Å². The fourth-order valence-electron chi connectivity index (χ4n) is 2.21. The largest absolute Gasteiger partial charge is 0.495 e. The van der Waals surface area contributed by atoms with Crippen molar-refractivity contribution in [2.75, 3.05) is 11.8 Å². The van der Waals surface area contributed by atoms with Crippen LogP contribution in [0.15, 0.2) is 59.6 Å². The molecular formula is C16H13ClN2O3S. The highest BCUT2D eigenvalue weighted by atomic mass is 35.5. The number of methoxy groups -OCH3 is 1. The number of sulfonamides is 1. The molecule has 0 aliphatic rings. The van der Waals surface area contributed by atoms with Crippen LogP contribution in [-0.2, 0) is 10.0 Å². The Hall–Kier alpha value is -2.31. The fraction of sp³-hybridized carbons (Fsp3) is 0.0625. The number of hydrogen-bond acceptors (Lipinski definition) is 4. The minimum atomic E-state index is -3.77. The molecule has 1 N–H and O–H groups in total. The molecule has 0 unspecified atom stereocenters. The number of hydrogen-bond donors (Lipinski definition) is 1. The van der Waals surface area contributed by atoms with Crippen molar-refractivity contribution < 1.29 is 13.2 Å². The Morgan fingerprint density at radius 1 is 1.13 bits per heavy atom. The Balaban J connectivity index is 2.02. The van der Waals surface area contributed by atoms with Gasteiger partial charge in [0.1, 0.15) is 5.75 Å². The number of fused-ring (bicyclic) bond motifs is 1. The van der Waals surface area contributed by atoms with Crippen molar-refractivity contribution >= 4 is 38.2 Å². The molecule has 0 radical (unpaired) electrons. The zero-order valence-electron chi connectivity index (χ0n) is 12.2. The van der Waals surface area contributed by atoms with Crippen LogP contribution < -0.4 is 9.46 Å². The lowest BCUT2D eigenvalue weighted by Gasteiger charge is -2.11. The number of anilines is 1. The second-order valence-electron chi connectivity index (χ2n) is 4.78. The number of rotatable bonds is 4. The van der Waals surface area contributed by atoms with E-state index in [4.69, 9.17) is 16.3 Å². The predicted octanol–water partition coefficient (Wildman–Crippen LogP) is 3.70. The van der Waals surface area contributed by atoms with E-state index in [2.05, 4.69) is 9.71 Å². The third-order valence-corrected chi connectivity index (χ3v) is 4.98. The van der Waals surface area contributed by atoms with Crippen molar-refractivity contribution in [1.82, 2.24) is 4.98 Å². The molecule has 0 aliphatic carbocycles. The summed E-state index contributed by atoms with van der Waals surface area (Å²) in [4.78, 5) is 4.27. The highest BCUT2D eigenvalue weighted by molar-refractivity contribution is 7.92. The van der Waals surface area contributed by atoms with Crippen LogP contribution in [0.1, 0.15) is 0 Å². The lowest BCUT2D eigenvalue weighted by Crippen LogP contribution is -2.13. The van der Waals surface area contributed by atoms with Gasteiger partial charge in [0.05, 0.1) is 28.2 Å². The molecule has 1 aromatic heterocycles. The fourth-order valence-corrected chi connectivity index (χ4v) is 3.64. The van der Waals surface area contributed by atoms with E-state index >= 15 is 0 Å². The molecule has 0 amide bonds. The molecular weight excluding hydrogens is 336 g/mol. The number of ether oxygens (including phenoxy) is 1. The van der Waals surface area contributed by atoms with Crippen LogP contribution in [-0.4, -0.2) is 20.5 Å².